The number of carbonyl (C=O) groups excluding carboxylic acids is 2. The summed E-state index contributed by atoms with van der Waals surface area (Å²) in [6.07, 6.45) is 0. The van der Waals surface area contributed by atoms with Gasteiger partial charge in [-0.2, -0.15) is 0 Å². The summed E-state index contributed by atoms with van der Waals surface area (Å²) < 4.78 is 26.0. The fourth-order valence-corrected chi connectivity index (χ4v) is 2.98. The van der Waals surface area contributed by atoms with E-state index in [1.807, 2.05) is 0 Å². The number of methoxy groups -OCH3 is 3. The van der Waals surface area contributed by atoms with E-state index in [9.17, 15) is 9.59 Å². The fourth-order valence-electron chi connectivity index (χ4n) is 2.48. The molecule has 0 fully saturated rings. The Balaban J connectivity index is 2.08. The van der Waals surface area contributed by atoms with Crippen LogP contribution in [0.15, 0.2) is 24.3 Å². The predicted molar refractivity (Wildman–Crippen MR) is 113 cm³/mol. The average molecular weight is 458 g/mol. The molecular weight excluding hydrogens is 437 g/mol. The maximum absolute atomic E-state index is 12.3. The summed E-state index contributed by atoms with van der Waals surface area (Å²) in [5.41, 5.74) is 0.421. The Kier molecular flexibility index (Phi) is 8.44. The topological polar surface area (TPSA) is 92.3 Å². The van der Waals surface area contributed by atoms with Crippen LogP contribution in [0.4, 0.5) is 5.69 Å². The molecule has 0 spiro atoms. The van der Waals surface area contributed by atoms with Gasteiger partial charge in [0.05, 0.1) is 49.2 Å². The monoisotopic (exact) mass is 457 g/mol. The van der Waals surface area contributed by atoms with Gasteiger partial charge in [-0.25, -0.2) is 4.79 Å². The Hall–Kier alpha value is -2.84. The lowest BCUT2D eigenvalue weighted by Gasteiger charge is -2.14. The SMILES string of the molecule is CCOc1c(Cl)cc(C(=O)OCC(=O)Nc2cc(OC)c(Cl)cc2OC)cc1OC. The minimum atomic E-state index is -0.756. The van der Waals surface area contributed by atoms with E-state index in [0.29, 0.717) is 34.6 Å². The van der Waals surface area contributed by atoms with Gasteiger partial charge in [-0.1, -0.05) is 23.2 Å². The minimum Gasteiger partial charge on any atom is -0.495 e. The number of nitrogens with one attached hydrogen (secondary N) is 1. The minimum absolute atomic E-state index is 0.110. The molecule has 162 valence electrons. The molecule has 30 heavy (non-hydrogen) atoms. The Labute approximate surface area is 183 Å². The van der Waals surface area contributed by atoms with Crippen LogP contribution in [0.1, 0.15) is 17.3 Å². The second-order valence-electron chi connectivity index (χ2n) is 5.73. The smallest absolute Gasteiger partial charge is 0.338 e. The number of hydrogen-bond acceptors (Lipinski definition) is 7. The Morgan fingerprint density at radius 3 is 2.17 bits per heavy atom. The van der Waals surface area contributed by atoms with Crippen molar-refractivity contribution < 1.29 is 33.3 Å². The first-order valence-electron chi connectivity index (χ1n) is 8.73. The molecule has 1 amide bonds. The van der Waals surface area contributed by atoms with Crippen LogP contribution in [0.2, 0.25) is 10.0 Å². The molecule has 0 unspecified atom stereocenters. The standard InChI is InChI=1S/C20H21Cl2NO7/c1-5-29-19-13(22)6-11(7-17(19)28-4)20(25)30-10-18(24)23-14-9-15(26-2)12(21)8-16(14)27-3/h6-9H,5,10H2,1-4H3,(H,23,24). The molecule has 0 aliphatic heterocycles. The van der Waals surface area contributed by atoms with Gasteiger partial charge >= 0.3 is 5.97 Å². The number of carbonyl (C=O) groups is 2. The quantitative estimate of drug-likeness (QED) is 0.563. The molecule has 0 atom stereocenters. The summed E-state index contributed by atoms with van der Waals surface area (Å²) >= 11 is 12.2. The van der Waals surface area contributed by atoms with E-state index in [2.05, 4.69) is 5.32 Å². The highest BCUT2D eigenvalue weighted by Crippen LogP contribution is 2.37. The van der Waals surface area contributed by atoms with Crippen molar-refractivity contribution in [2.45, 2.75) is 6.92 Å². The second-order valence-corrected chi connectivity index (χ2v) is 6.55. The number of amides is 1. The zero-order valence-electron chi connectivity index (χ0n) is 16.8. The zero-order valence-corrected chi connectivity index (χ0v) is 18.3. The lowest BCUT2D eigenvalue weighted by molar-refractivity contribution is -0.119. The maximum Gasteiger partial charge on any atom is 0.338 e. The Bertz CT molecular complexity index is 934. The molecule has 2 aromatic rings. The number of esters is 1. The van der Waals surface area contributed by atoms with E-state index >= 15 is 0 Å². The van der Waals surface area contributed by atoms with Gasteiger partial charge in [-0.3, -0.25) is 4.79 Å². The third kappa shape index (κ3) is 5.61. The molecule has 0 heterocycles. The van der Waals surface area contributed by atoms with Crippen LogP contribution in [-0.2, 0) is 9.53 Å². The highest BCUT2D eigenvalue weighted by atomic mass is 35.5. The number of benzene rings is 2. The van der Waals surface area contributed by atoms with Crippen molar-refractivity contribution in [1.82, 2.24) is 0 Å². The predicted octanol–water partition coefficient (Wildman–Crippen LogP) is 4.21. The van der Waals surface area contributed by atoms with Gasteiger partial charge in [0.25, 0.3) is 5.91 Å². The number of rotatable bonds is 9. The molecule has 0 aromatic heterocycles. The first-order chi connectivity index (χ1) is 14.3. The van der Waals surface area contributed by atoms with Crippen molar-refractivity contribution in [2.24, 2.45) is 0 Å². The van der Waals surface area contributed by atoms with E-state index < -0.39 is 18.5 Å². The lowest BCUT2D eigenvalue weighted by Crippen LogP contribution is -2.21. The first-order valence-corrected chi connectivity index (χ1v) is 9.48. The summed E-state index contributed by atoms with van der Waals surface area (Å²) in [4.78, 5) is 24.6. The summed E-state index contributed by atoms with van der Waals surface area (Å²) in [5.74, 6) is -0.0769. The van der Waals surface area contributed by atoms with Crippen LogP contribution in [0, 0.1) is 0 Å². The van der Waals surface area contributed by atoms with E-state index in [4.69, 9.17) is 46.9 Å². The van der Waals surface area contributed by atoms with Gasteiger partial charge in [-0.15, -0.1) is 0 Å². The molecule has 0 aliphatic carbocycles. The molecule has 0 saturated heterocycles. The maximum atomic E-state index is 12.3. The Morgan fingerprint density at radius 1 is 0.900 bits per heavy atom. The van der Waals surface area contributed by atoms with Crippen molar-refractivity contribution in [2.75, 3.05) is 39.9 Å². The van der Waals surface area contributed by atoms with Crippen LogP contribution in [0.5, 0.6) is 23.0 Å². The van der Waals surface area contributed by atoms with Crippen LogP contribution in [0.25, 0.3) is 0 Å². The van der Waals surface area contributed by atoms with Gasteiger partial charge in [0.2, 0.25) is 0 Å². The highest BCUT2D eigenvalue weighted by molar-refractivity contribution is 6.33. The summed E-state index contributed by atoms with van der Waals surface area (Å²) in [7, 11) is 4.29. The summed E-state index contributed by atoms with van der Waals surface area (Å²) in [5, 5.41) is 3.08. The average Bonchev–Trinajstić information content (AvgIpc) is 2.74. The Morgan fingerprint density at radius 2 is 1.57 bits per heavy atom. The van der Waals surface area contributed by atoms with Crippen LogP contribution >= 0.6 is 23.2 Å². The second kappa shape index (κ2) is 10.8. The molecule has 0 radical (unpaired) electrons. The van der Waals surface area contributed by atoms with Crippen LogP contribution in [0.3, 0.4) is 0 Å². The highest BCUT2D eigenvalue weighted by Gasteiger charge is 2.18. The van der Waals surface area contributed by atoms with E-state index in [-0.39, 0.29) is 16.3 Å². The zero-order chi connectivity index (χ0) is 22.3. The van der Waals surface area contributed by atoms with E-state index in [0.717, 1.165) is 0 Å². The molecular formula is C20H21Cl2NO7. The molecule has 10 heteroatoms. The third-order valence-corrected chi connectivity index (χ3v) is 4.41. The summed E-state index contributed by atoms with van der Waals surface area (Å²) in [6.45, 7) is 1.63. The molecule has 8 nitrogen and oxygen atoms in total. The molecule has 2 aromatic carbocycles. The molecule has 1 N–H and O–H groups in total. The van der Waals surface area contributed by atoms with Gasteiger partial charge in [0, 0.05) is 12.1 Å². The van der Waals surface area contributed by atoms with Gasteiger partial charge in [-0.05, 0) is 19.1 Å². The lowest BCUT2D eigenvalue weighted by atomic mass is 10.2. The van der Waals surface area contributed by atoms with Crippen molar-refractivity contribution in [3.05, 3.63) is 39.9 Å². The van der Waals surface area contributed by atoms with Crippen molar-refractivity contribution >= 4 is 40.8 Å². The van der Waals surface area contributed by atoms with Crippen LogP contribution < -0.4 is 24.3 Å². The first kappa shape index (κ1) is 23.4. The third-order valence-electron chi connectivity index (χ3n) is 3.84. The molecule has 0 aliphatic rings. The molecule has 0 bridgehead atoms. The van der Waals surface area contributed by atoms with E-state index in [1.54, 1.807) is 6.92 Å². The van der Waals surface area contributed by atoms with E-state index in [1.165, 1.54) is 45.6 Å². The molecule has 2 rings (SSSR count). The van der Waals surface area contributed by atoms with Crippen molar-refractivity contribution in [3.8, 4) is 23.0 Å². The number of anilines is 1. The van der Waals surface area contributed by atoms with Crippen molar-refractivity contribution in [1.29, 1.82) is 0 Å². The number of ether oxygens (including phenoxy) is 5. The number of hydrogen-bond donors (Lipinski definition) is 1. The van der Waals surface area contributed by atoms with Gasteiger partial charge in [0.1, 0.15) is 11.5 Å². The van der Waals surface area contributed by atoms with Gasteiger partial charge in [0.15, 0.2) is 18.1 Å². The fraction of sp³-hybridized carbons (Fsp3) is 0.300. The molecule has 0 saturated carbocycles. The largest absolute Gasteiger partial charge is 0.495 e. The normalized spacial score (nSPS) is 10.2. The van der Waals surface area contributed by atoms with Gasteiger partial charge < -0.3 is 29.0 Å². The van der Waals surface area contributed by atoms with Crippen LogP contribution in [-0.4, -0.2) is 46.4 Å². The van der Waals surface area contributed by atoms with Crippen molar-refractivity contribution in [3.63, 3.8) is 0 Å². The number of halogens is 2. The summed E-state index contributed by atoms with van der Waals surface area (Å²) in [6, 6.07) is 5.79.